The van der Waals surface area contributed by atoms with Gasteiger partial charge in [0.25, 0.3) is 11.9 Å². The van der Waals surface area contributed by atoms with Crippen LogP contribution in [0.25, 0.3) is 0 Å². The number of nitrogens with zero attached hydrogens (tertiary/aromatic N) is 1. The third kappa shape index (κ3) is 7.80. The number of halogens is 4. The summed E-state index contributed by atoms with van der Waals surface area (Å²) in [5, 5.41) is 23.8. The van der Waals surface area contributed by atoms with Crippen molar-refractivity contribution in [1.82, 2.24) is 10.2 Å². The van der Waals surface area contributed by atoms with Crippen molar-refractivity contribution < 1.29 is 33.0 Å². The molecule has 1 unspecified atom stereocenters. The van der Waals surface area contributed by atoms with Crippen molar-refractivity contribution in [2.24, 2.45) is 5.92 Å². The number of benzene rings is 2. The van der Waals surface area contributed by atoms with Crippen molar-refractivity contribution in [3.8, 4) is 0 Å². The van der Waals surface area contributed by atoms with Crippen LogP contribution in [0.4, 0.5) is 24.5 Å². The number of rotatable bonds is 7. The maximum Gasteiger partial charge on any atom is 0.300 e. The number of carbonyl (C=O) groups excluding carboxylic acids is 1. The number of aliphatic carboxylic acids is 1. The molecule has 0 aromatic heterocycles. The Morgan fingerprint density at radius 1 is 1.11 bits per heavy atom. The summed E-state index contributed by atoms with van der Waals surface area (Å²) >= 11 is 1.93. The van der Waals surface area contributed by atoms with Crippen molar-refractivity contribution in [1.29, 1.82) is 0 Å². The number of hydrogen-bond acceptors (Lipinski definition) is 5. The van der Waals surface area contributed by atoms with Crippen molar-refractivity contribution in [2.75, 3.05) is 25.0 Å². The average Bonchev–Trinajstić information content (AvgIpc) is 2.74. The van der Waals surface area contributed by atoms with Crippen molar-refractivity contribution in [2.45, 2.75) is 39.3 Å². The van der Waals surface area contributed by atoms with E-state index >= 15 is 0 Å². The Labute approximate surface area is 215 Å². The van der Waals surface area contributed by atoms with Gasteiger partial charge >= 0.3 is 0 Å². The molecule has 0 saturated carbocycles. The highest BCUT2D eigenvalue weighted by atomic mass is 127. The first kappa shape index (κ1) is 28.9. The molecule has 1 atom stereocenters. The largest absolute Gasteiger partial charge is 0.481 e. The van der Waals surface area contributed by atoms with Crippen LogP contribution < -0.4 is 10.6 Å². The molecule has 0 spiro atoms. The molecule has 3 rings (SSSR count). The lowest BCUT2D eigenvalue weighted by Gasteiger charge is -2.47. The predicted molar refractivity (Wildman–Crippen MR) is 135 cm³/mol. The molecule has 2 aromatic carbocycles. The van der Waals surface area contributed by atoms with Gasteiger partial charge in [-0.25, -0.2) is 13.2 Å². The molecular formula is C24H29F3IN3O4. The fourth-order valence-electron chi connectivity index (χ4n) is 3.25. The molecule has 1 fully saturated rings. The second-order valence-corrected chi connectivity index (χ2v) is 10.1. The summed E-state index contributed by atoms with van der Waals surface area (Å²) in [6.07, 6.45) is 0. The minimum absolute atomic E-state index is 0.0555. The Bertz CT molecular complexity index is 1070. The molecule has 0 radical (unpaired) electrons. The number of likely N-dealkylation sites (tertiary alicyclic amines) is 1. The summed E-state index contributed by atoms with van der Waals surface area (Å²) in [5.41, 5.74) is -1.74. The molecule has 0 bridgehead atoms. The second kappa shape index (κ2) is 12.0. The SMILES string of the molecule is CC(=O)O.CC(C)C(C)NCC1(O)CN(C(=O)c2ccc(F)c(F)c2Nc2ccc(I)cc2F)C1. The Balaban J connectivity index is 0.00000100. The smallest absolute Gasteiger partial charge is 0.300 e. The maximum absolute atomic E-state index is 14.6. The molecule has 1 amide bonds. The topological polar surface area (TPSA) is 102 Å². The molecule has 1 aliphatic rings. The molecule has 2 aromatic rings. The Morgan fingerprint density at radius 3 is 2.26 bits per heavy atom. The normalized spacial score (nSPS) is 15.1. The van der Waals surface area contributed by atoms with Crippen LogP contribution in [-0.4, -0.2) is 58.3 Å². The summed E-state index contributed by atoms with van der Waals surface area (Å²) in [6.45, 7) is 7.64. The van der Waals surface area contributed by atoms with E-state index in [9.17, 15) is 23.1 Å². The third-order valence-electron chi connectivity index (χ3n) is 5.53. The van der Waals surface area contributed by atoms with Gasteiger partial charge in [-0.15, -0.1) is 0 Å². The molecule has 11 heteroatoms. The number of β-amino-alcohol motifs (C(OH)–C–C–N with tert-alkyl or cyclic N) is 1. The minimum atomic E-state index is -1.27. The van der Waals surface area contributed by atoms with Gasteiger partial charge in [-0.05, 0) is 65.8 Å². The van der Waals surface area contributed by atoms with Gasteiger partial charge in [0.05, 0.1) is 30.0 Å². The van der Waals surface area contributed by atoms with Gasteiger partial charge in [-0.1, -0.05) is 13.8 Å². The first-order valence-corrected chi connectivity index (χ1v) is 12.0. The van der Waals surface area contributed by atoms with E-state index in [4.69, 9.17) is 9.90 Å². The van der Waals surface area contributed by atoms with Gasteiger partial charge in [0.15, 0.2) is 11.6 Å². The zero-order valence-electron chi connectivity index (χ0n) is 19.8. The quantitative estimate of drug-likeness (QED) is 0.349. The van der Waals surface area contributed by atoms with E-state index in [0.717, 1.165) is 19.1 Å². The molecule has 1 saturated heterocycles. The van der Waals surface area contributed by atoms with Crippen LogP contribution in [0.2, 0.25) is 0 Å². The molecule has 7 nitrogen and oxygen atoms in total. The van der Waals surface area contributed by atoms with Crippen molar-refractivity contribution in [3.05, 3.63) is 56.9 Å². The van der Waals surface area contributed by atoms with E-state index in [0.29, 0.717) is 16.0 Å². The molecule has 1 aliphatic heterocycles. The number of amides is 1. The molecule has 4 N–H and O–H groups in total. The van der Waals surface area contributed by atoms with Crippen molar-refractivity contribution >= 4 is 45.8 Å². The van der Waals surface area contributed by atoms with E-state index in [1.165, 1.54) is 17.0 Å². The lowest BCUT2D eigenvalue weighted by atomic mass is 9.92. The van der Waals surface area contributed by atoms with Gasteiger partial charge in [0, 0.05) is 23.1 Å². The molecule has 35 heavy (non-hydrogen) atoms. The average molecular weight is 607 g/mol. The fourth-order valence-corrected chi connectivity index (χ4v) is 3.71. The summed E-state index contributed by atoms with van der Waals surface area (Å²) in [5.74, 6) is -4.10. The van der Waals surface area contributed by atoms with Gasteiger partial charge in [-0.3, -0.25) is 9.59 Å². The Hall–Kier alpha value is -2.38. The van der Waals surface area contributed by atoms with Crippen LogP contribution in [0.1, 0.15) is 38.1 Å². The Morgan fingerprint density at radius 2 is 1.71 bits per heavy atom. The fraction of sp³-hybridized carbons (Fsp3) is 0.417. The maximum atomic E-state index is 14.6. The first-order valence-electron chi connectivity index (χ1n) is 10.9. The van der Waals surface area contributed by atoms with E-state index in [-0.39, 0.29) is 30.4 Å². The van der Waals surface area contributed by atoms with Crippen molar-refractivity contribution in [3.63, 3.8) is 0 Å². The summed E-state index contributed by atoms with van der Waals surface area (Å²) in [4.78, 5) is 23.3. The highest BCUT2D eigenvalue weighted by Gasteiger charge is 2.44. The predicted octanol–water partition coefficient (Wildman–Crippen LogP) is 4.36. The van der Waals surface area contributed by atoms with Crippen LogP contribution in [0.5, 0.6) is 0 Å². The molecule has 0 aliphatic carbocycles. The molecule has 192 valence electrons. The van der Waals surface area contributed by atoms with Crippen LogP contribution in [-0.2, 0) is 4.79 Å². The van der Waals surface area contributed by atoms with Gasteiger partial charge in [0.2, 0.25) is 0 Å². The van der Waals surface area contributed by atoms with E-state index in [1.54, 1.807) is 6.07 Å². The van der Waals surface area contributed by atoms with Gasteiger partial charge in [0.1, 0.15) is 11.4 Å². The van der Waals surface area contributed by atoms with Crippen LogP contribution in [0.15, 0.2) is 30.3 Å². The van der Waals surface area contributed by atoms with Gasteiger partial charge < -0.3 is 25.7 Å². The highest BCUT2D eigenvalue weighted by molar-refractivity contribution is 14.1. The monoisotopic (exact) mass is 607 g/mol. The number of carbonyl (C=O) groups is 2. The number of carboxylic acid groups (broad SMARTS) is 1. The van der Waals surface area contributed by atoms with E-state index < -0.39 is 40.6 Å². The van der Waals surface area contributed by atoms with Crippen LogP contribution in [0, 0.1) is 26.9 Å². The second-order valence-electron chi connectivity index (χ2n) is 8.85. The number of hydrogen-bond donors (Lipinski definition) is 4. The zero-order valence-corrected chi connectivity index (χ0v) is 22.0. The number of aliphatic hydroxyl groups is 1. The standard InChI is InChI=1S/C22H25F3IN3O2.C2H4O2/c1-12(2)13(3)27-9-22(31)10-29(11-22)21(30)15-5-6-16(23)19(25)20(15)28-18-7-4-14(26)8-17(18)24;1-2(3)4/h4-8,12-13,27-28,31H,9-11H2,1-3H3;1H3,(H,3,4). The minimum Gasteiger partial charge on any atom is -0.481 e. The van der Waals surface area contributed by atoms with E-state index in [1.807, 2.05) is 29.5 Å². The number of carboxylic acids is 1. The van der Waals surface area contributed by atoms with Crippen LogP contribution >= 0.6 is 22.6 Å². The lowest BCUT2D eigenvalue weighted by molar-refractivity contribution is -0.134. The Kier molecular flexibility index (Phi) is 9.93. The summed E-state index contributed by atoms with van der Waals surface area (Å²) < 4.78 is 43.3. The zero-order chi connectivity index (χ0) is 26.5. The highest BCUT2D eigenvalue weighted by Crippen LogP contribution is 2.31. The summed E-state index contributed by atoms with van der Waals surface area (Å²) in [6, 6.07) is 6.44. The third-order valence-corrected chi connectivity index (χ3v) is 6.20. The molecule has 1 heterocycles. The molecular weight excluding hydrogens is 578 g/mol. The van der Waals surface area contributed by atoms with Gasteiger partial charge in [-0.2, -0.15) is 0 Å². The lowest BCUT2D eigenvalue weighted by Crippen LogP contribution is -2.67. The van der Waals surface area contributed by atoms with E-state index in [2.05, 4.69) is 24.5 Å². The number of anilines is 2. The number of nitrogens with one attached hydrogen (secondary N) is 2. The van der Waals surface area contributed by atoms with Crippen LogP contribution in [0.3, 0.4) is 0 Å². The summed E-state index contributed by atoms with van der Waals surface area (Å²) in [7, 11) is 0. The first-order chi connectivity index (χ1) is 16.2.